The summed E-state index contributed by atoms with van der Waals surface area (Å²) in [6, 6.07) is 15.7. The van der Waals surface area contributed by atoms with Crippen LogP contribution in [0.2, 0.25) is 0 Å². The van der Waals surface area contributed by atoms with Crippen molar-refractivity contribution >= 4 is 17.5 Å². The number of carbonyl (C=O) groups is 2. The Bertz CT molecular complexity index is 1340. The van der Waals surface area contributed by atoms with Crippen LogP contribution in [0, 0.1) is 13.8 Å². The first-order chi connectivity index (χ1) is 18.0. The Balaban J connectivity index is 1.60. The number of amides is 2. The van der Waals surface area contributed by atoms with Crippen LogP contribution in [0.15, 0.2) is 71.6 Å². The van der Waals surface area contributed by atoms with Gasteiger partial charge in [0.15, 0.2) is 5.76 Å². The van der Waals surface area contributed by atoms with Crippen molar-refractivity contribution in [3.8, 4) is 5.69 Å². The second-order valence-corrected chi connectivity index (χ2v) is 9.53. The van der Waals surface area contributed by atoms with Crippen LogP contribution in [0.3, 0.4) is 0 Å². The number of nitrogens with zero attached hydrogens (tertiary/aromatic N) is 5. The molecule has 1 saturated carbocycles. The minimum Gasteiger partial charge on any atom is -0.459 e. The van der Waals surface area contributed by atoms with Crippen molar-refractivity contribution in [1.82, 2.24) is 25.5 Å². The van der Waals surface area contributed by atoms with Gasteiger partial charge >= 0.3 is 0 Å². The van der Waals surface area contributed by atoms with Gasteiger partial charge in [0, 0.05) is 11.7 Å². The predicted octanol–water partition coefficient (Wildman–Crippen LogP) is 4.71. The molecule has 1 N–H and O–H groups in total. The highest BCUT2D eigenvalue weighted by Crippen LogP contribution is 2.32. The lowest BCUT2D eigenvalue weighted by Gasteiger charge is -2.33. The molecule has 0 radical (unpaired) electrons. The molecule has 2 aromatic carbocycles. The van der Waals surface area contributed by atoms with E-state index in [9.17, 15) is 9.59 Å². The number of carbonyl (C=O) groups excluding carboxylic acids is 2. The van der Waals surface area contributed by atoms with E-state index in [0.717, 1.165) is 48.1 Å². The second-order valence-electron chi connectivity index (χ2n) is 9.53. The average Bonchev–Trinajstić information content (AvgIpc) is 3.63. The summed E-state index contributed by atoms with van der Waals surface area (Å²) in [5, 5.41) is 14.6. The van der Waals surface area contributed by atoms with E-state index in [4.69, 9.17) is 4.42 Å². The molecule has 1 atom stereocenters. The second kappa shape index (κ2) is 10.8. The lowest BCUT2D eigenvalue weighted by atomic mass is 9.94. The van der Waals surface area contributed by atoms with Crippen LogP contribution in [0.5, 0.6) is 0 Å². The molecule has 37 heavy (non-hydrogen) atoms. The number of hydrogen-bond acceptors (Lipinski definition) is 6. The highest BCUT2D eigenvalue weighted by atomic mass is 16.3. The van der Waals surface area contributed by atoms with Gasteiger partial charge in [-0.2, -0.15) is 0 Å². The van der Waals surface area contributed by atoms with E-state index in [1.54, 1.807) is 22.9 Å². The molecule has 9 nitrogen and oxygen atoms in total. The van der Waals surface area contributed by atoms with Crippen LogP contribution in [0.1, 0.15) is 65.4 Å². The number of benzene rings is 2. The van der Waals surface area contributed by atoms with E-state index < -0.39 is 11.9 Å². The average molecular weight is 499 g/mol. The molecule has 0 aliphatic heterocycles. The highest BCUT2D eigenvalue weighted by Gasteiger charge is 2.35. The zero-order chi connectivity index (χ0) is 25.8. The standard InChI is InChI=1S/C28H30N6O3/c1-19-10-12-21(13-11-19)26(27(35)30-22-7-4-3-5-8-22)34(28(36)25-9-6-16-37-25)23-14-15-24(20(2)17-23)33-18-29-31-32-33/h6,9-18,22,26H,3-5,7-8H2,1-2H3,(H,30,35)/t26-/m1/s1. The molecule has 1 aliphatic rings. The van der Waals surface area contributed by atoms with Crippen molar-refractivity contribution in [2.24, 2.45) is 0 Å². The van der Waals surface area contributed by atoms with Crippen molar-refractivity contribution in [1.29, 1.82) is 0 Å². The Morgan fingerprint density at radius 1 is 1.05 bits per heavy atom. The fraction of sp³-hybridized carbons (Fsp3) is 0.321. The first kappa shape index (κ1) is 24.4. The van der Waals surface area contributed by atoms with Gasteiger partial charge in [-0.3, -0.25) is 14.5 Å². The Kier molecular flexibility index (Phi) is 7.11. The first-order valence-corrected chi connectivity index (χ1v) is 12.6. The van der Waals surface area contributed by atoms with Crippen LogP contribution >= 0.6 is 0 Å². The maximum atomic E-state index is 14.0. The van der Waals surface area contributed by atoms with Crippen molar-refractivity contribution in [2.75, 3.05) is 4.90 Å². The fourth-order valence-corrected chi connectivity index (χ4v) is 4.91. The number of anilines is 1. The van der Waals surface area contributed by atoms with E-state index in [2.05, 4.69) is 20.8 Å². The van der Waals surface area contributed by atoms with E-state index in [-0.39, 0.29) is 17.7 Å². The van der Waals surface area contributed by atoms with Gasteiger partial charge in [-0.15, -0.1) is 5.10 Å². The molecule has 1 aliphatic carbocycles. The number of tetrazole rings is 1. The van der Waals surface area contributed by atoms with Crippen LogP contribution in [0.4, 0.5) is 5.69 Å². The van der Waals surface area contributed by atoms with Gasteiger partial charge in [-0.05, 0) is 78.6 Å². The van der Waals surface area contributed by atoms with Gasteiger partial charge in [0.1, 0.15) is 12.4 Å². The van der Waals surface area contributed by atoms with E-state index >= 15 is 0 Å². The molecule has 0 spiro atoms. The van der Waals surface area contributed by atoms with Gasteiger partial charge in [0.25, 0.3) is 5.91 Å². The van der Waals surface area contributed by atoms with Crippen LogP contribution in [-0.2, 0) is 4.79 Å². The number of hydrogen-bond donors (Lipinski definition) is 1. The molecule has 2 heterocycles. The molecule has 2 aromatic heterocycles. The minimum atomic E-state index is -0.890. The third-order valence-electron chi connectivity index (χ3n) is 6.86. The van der Waals surface area contributed by atoms with Crippen molar-refractivity contribution < 1.29 is 14.0 Å². The zero-order valence-electron chi connectivity index (χ0n) is 21.0. The molecule has 0 bridgehead atoms. The number of aromatic nitrogens is 4. The number of nitrogens with one attached hydrogen (secondary N) is 1. The Labute approximate surface area is 215 Å². The first-order valence-electron chi connectivity index (χ1n) is 12.6. The molecule has 190 valence electrons. The van der Waals surface area contributed by atoms with Crippen molar-refractivity contribution in [3.05, 3.63) is 89.6 Å². The summed E-state index contributed by atoms with van der Waals surface area (Å²) in [7, 11) is 0. The summed E-state index contributed by atoms with van der Waals surface area (Å²) in [6.45, 7) is 3.91. The maximum absolute atomic E-state index is 14.0. The van der Waals surface area contributed by atoms with Gasteiger partial charge in [-0.1, -0.05) is 49.1 Å². The Hall–Kier alpha value is -4.27. The van der Waals surface area contributed by atoms with E-state index in [0.29, 0.717) is 5.69 Å². The Morgan fingerprint density at radius 2 is 1.84 bits per heavy atom. The summed E-state index contributed by atoms with van der Waals surface area (Å²) in [6.07, 6.45) is 8.22. The normalized spacial score (nSPS) is 14.8. The quantitative estimate of drug-likeness (QED) is 0.396. The third-order valence-corrected chi connectivity index (χ3v) is 6.86. The molecule has 4 aromatic rings. The fourth-order valence-electron chi connectivity index (χ4n) is 4.91. The summed E-state index contributed by atoms with van der Waals surface area (Å²) in [5.41, 5.74) is 3.98. The lowest BCUT2D eigenvalue weighted by Crippen LogP contribution is -2.47. The van der Waals surface area contributed by atoms with Crippen LogP contribution in [0.25, 0.3) is 5.69 Å². The number of aryl methyl sites for hydroxylation is 2. The minimum absolute atomic E-state index is 0.0960. The number of rotatable bonds is 7. The molecule has 1 fully saturated rings. The van der Waals surface area contributed by atoms with E-state index in [1.165, 1.54) is 23.9 Å². The number of furan rings is 1. The Morgan fingerprint density at radius 3 is 2.49 bits per heavy atom. The zero-order valence-corrected chi connectivity index (χ0v) is 21.0. The summed E-state index contributed by atoms with van der Waals surface area (Å²) in [5.74, 6) is -0.452. The smallest absolute Gasteiger partial charge is 0.294 e. The molecule has 0 saturated heterocycles. The summed E-state index contributed by atoms with van der Waals surface area (Å²) < 4.78 is 7.05. The largest absolute Gasteiger partial charge is 0.459 e. The van der Waals surface area contributed by atoms with Crippen LogP contribution in [-0.4, -0.2) is 38.1 Å². The SMILES string of the molecule is Cc1ccc([C@H](C(=O)NC2CCCCC2)N(C(=O)c2ccco2)c2ccc(-n3cnnn3)c(C)c2)cc1. The predicted molar refractivity (Wildman–Crippen MR) is 138 cm³/mol. The monoisotopic (exact) mass is 498 g/mol. The molecule has 2 amide bonds. The summed E-state index contributed by atoms with van der Waals surface area (Å²) in [4.78, 5) is 29.4. The van der Waals surface area contributed by atoms with Gasteiger partial charge in [-0.25, -0.2) is 4.68 Å². The molecular formula is C28H30N6O3. The van der Waals surface area contributed by atoms with Gasteiger partial charge in [0.05, 0.1) is 12.0 Å². The van der Waals surface area contributed by atoms with Crippen molar-refractivity contribution in [2.45, 2.75) is 58.0 Å². The molecule has 0 unspecified atom stereocenters. The van der Waals surface area contributed by atoms with Crippen LogP contribution < -0.4 is 10.2 Å². The lowest BCUT2D eigenvalue weighted by molar-refractivity contribution is -0.123. The third kappa shape index (κ3) is 5.30. The maximum Gasteiger partial charge on any atom is 0.294 e. The van der Waals surface area contributed by atoms with Gasteiger partial charge in [0.2, 0.25) is 5.91 Å². The van der Waals surface area contributed by atoms with Gasteiger partial charge < -0.3 is 9.73 Å². The molecule has 9 heteroatoms. The van der Waals surface area contributed by atoms with Crippen molar-refractivity contribution in [3.63, 3.8) is 0 Å². The highest BCUT2D eigenvalue weighted by molar-refractivity contribution is 6.08. The topological polar surface area (TPSA) is 106 Å². The van der Waals surface area contributed by atoms with E-state index in [1.807, 2.05) is 50.2 Å². The molecule has 5 rings (SSSR count). The summed E-state index contributed by atoms with van der Waals surface area (Å²) >= 11 is 0. The molecular weight excluding hydrogens is 468 g/mol.